The Hall–Kier alpha value is -1.61. The number of aromatic nitrogens is 1. The molecule has 0 aliphatic carbocycles. The van der Waals surface area contributed by atoms with Crippen LogP contribution in [0, 0.1) is 6.92 Å². The van der Waals surface area contributed by atoms with Gasteiger partial charge in [-0.3, -0.25) is 0 Å². The normalized spacial score (nSPS) is 12.7. The minimum atomic E-state index is -0.529. The van der Waals surface area contributed by atoms with Gasteiger partial charge in [-0.2, -0.15) is 0 Å². The van der Waals surface area contributed by atoms with Gasteiger partial charge in [-0.25, -0.2) is 0 Å². The molecule has 0 aliphatic heterocycles. The van der Waals surface area contributed by atoms with E-state index in [1.54, 1.807) is 0 Å². The Morgan fingerprint density at radius 3 is 2.67 bits per heavy atom. The molecule has 2 aromatic rings. The zero-order valence-electron chi connectivity index (χ0n) is 8.55. The van der Waals surface area contributed by atoms with Crippen molar-refractivity contribution in [2.45, 2.75) is 19.4 Å². The average Bonchev–Trinajstić information content (AvgIpc) is 2.65. The molecular formula is C12H13NO2. The first-order valence-electron chi connectivity index (χ1n) is 4.91. The third-order valence-corrected chi connectivity index (χ3v) is 2.26. The standard InChI is InChI=1S/C12H13NO2/c1-9-7-11(15-13-9)8-12(14)10-5-3-2-4-6-10/h2-7,12,14H,8H2,1H3. The fraction of sp³-hybridized carbons (Fsp3) is 0.250. The van der Waals surface area contributed by atoms with E-state index in [0.717, 1.165) is 11.3 Å². The molecule has 0 saturated carbocycles. The fourth-order valence-electron chi connectivity index (χ4n) is 1.50. The van der Waals surface area contributed by atoms with Crippen LogP contribution in [0.25, 0.3) is 0 Å². The summed E-state index contributed by atoms with van der Waals surface area (Å²) in [6.45, 7) is 1.86. The molecule has 0 spiro atoms. The van der Waals surface area contributed by atoms with Gasteiger partial charge in [0.15, 0.2) is 0 Å². The van der Waals surface area contributed by atoms with Gasteiger partial charge in [-0.15, -0.1) is 0 Å². The number of aliphatic hydroxyl groups is 1. The minimum absolute atomic E-state index is 0.463. The molecule has 3 nitrogen and oxygen atoms in total. The van der Waals surface area contributed by atoms with E-state index in [4.69, 9.17) is 4.52 Å². The lowest BCUT2D eigenvalue weighted by Crippen LogP contribution is -2.00. The van der Waals surface area contributed by atoms with Crippen molar-refractivity contribution in [1.29, 1.82) is 0 Å². The van der Waals surface area contributed by atoms with Crippen molar-refractivity contribution in [3.63, 3.8) is 0 Å². The molecule has 1 atom stereocenters. The number of hydrogen-bond donors (Lipinski definition) is 1. The van der Waals surface area contributed by atoms with Gasteiger partial charge in [0, 0.05) is 12.5 Å². The molecule has 1 unspecified atom stereocenters. The van der Waals surface area contributed by atoms with Crippen LogP contribution in [-0.4, -0.2) is 10.3 Å². The topological polar surface area (TPSA) is 46.3 Å². The second-order valence-corrected chi connectivity index (χ2v) is 3.57. The zero-order valence-corrected chi connectivity index (χ0v) is 8.55. The molecule has 3 heteroatoms. The van der Waals surface area contributed by atoms with Crippen LogP contribution in [0.15, 0.2) is 40.9 Å². The van der Waals surface area contributed by atoms with Crippen LogP contribution in [0.4, 0.5) is 0 Å². The van der Waals surface area contributed by atoms with Gasteiger partial charge in [0.05, 0.1) is 11.8 Å². The summed E-state index contributed by atoms with van der Waals surface area (Å²) in [5.74, 6) is 0.712. The van der Waals surface area contributed by atoms with Crippen LogP contribution in [0.2, 0.25) is 0 Å². The monoisotopic (exact) mass is 203 g/mol. The summed E-state index contributed by atoms with van der Waals surface area (Å²) in [4.78, 5) is 0. The highest BCUT2D eigenvalue weighted by Crippen LogP contribution is 2.18. The van der Waals surface area contributed by atoms with Gasteiger partial charge in [0.25, 0.3) is 0 Å². The lowest BCUT2D eigenvalue weighted by Gasteiger charge is -2.07. The molecule has 1 N–H and O–H groups in total. The van der Waals surface area contributed by atoms with E-state index in [1.807, 2.05) is 43.3 Å². The minimum Gasteiger partial charge on any atom is -0.388 e. The molecular weight excluding hydrogens is 190 g/mol. The molecule has 1 aromatic carbocycles. The summed E-state index contributed by atoms with van der Waals surface area (Å²) < 4.78 is 5.05. The van der Waals surface area contributed by atoms with Gasteiger partial charge in [-0.05, 0) is 12.5 Å². The number of benzene rings is 1. The van der Waals surface area contributed by atoms with Crippen LogP contribution in [0.1, 0.15) is 23.1 Å². The third kappa shape index (κ3) is 2.44. The van der Waals surface area contributed by atoms with E-state index in [2.05, 4.69) is 5.16 Å². The van der Waals surface area contributed by atoms with Crippen LogP contribution in [0.3, 0.4) is 0 Å². The molecule has 1 heterocycles. The van der Waals surface area contributed by atoms with E-state index >= 15 is 0 Å². The molecule has 15 heavy (non-hydrogen) atoms. The van der Waals surface area contributed by atoms with E-state index in [-0.39, 0.29) is 0 Å². The summed E-state index contributed by atoms with van der Waals surface area (Å²) in [6.07, 6.45) is -0.0660. The average molecular weight is 203 g/mol. The summed E-state index contributed by atoms with van der Waals surface area (Å²) in [5, 5.41) is 13.7. The Labute approximate surface area is 88.3 Å². The highest BCUT2D eigenvalue weighted by Gasteiger charge is 2.10. The second kappa shape index (κ2) is 4.28. The number of hydrogen-bond acceptors (Lipinski definition) is 3. The van der Waals surface area contributed by atoms with Crippen molar-refractivity contribution < 1.29 is 9.63 Å². The van der Waals surface area contributed by atoms with Gasteiger partial charge >= 0.3 is 0 Å². The first-order valence-corrected chi connectivity index (χ1v) is 4.91. The Kier molecular flexibility index (Phi) is 2.83. The van der Waals surface area contributed by atoms with Gasteiger partial charge in [0.1, 0.15) is 5.76 Å². The predicted molar refractivity (Wildman–Crippen MR) is 56.3 cm³/mol. The Morgan fingerprint density at radius 1 is 1.33 bits per heavy atom. The number of aryl methyl sites for hydroxylation is 1. The molecule has 0 amide bonds. The lowest BCUT2D eigenvalue weighted by atomic mass is 10.1. The molecule has 1 aromatic heterocycles. The number of aliphatic hydroxyl groups excluding tert-OH is 1. The van der Waals surface area contributed by atoms with Gasteiger partial charge < -0.3 is 9.63 Å². The summed E-state index contributed by atoms with van der Waals surface area (Å²) >= 11 is 0. The maximum atomic E-state index is 9.90. The zero-order chi connectivity index (χ0) is 10.7. The largest absolute Gasteiger partial charge is 0.388 e. The molecule has 0 aliphatic rings. The van der Waals surface area contributed by atoms with Crippen molar-refractivity contribution in [1.82, 2.24) is 5.16 Å². The SMILES string of the molecule is Cc1cc(CC(O)c2ccccc2)on1. The molecule has 0 fully saturated rings. The summed E-state index contributed by atoms with van der Waals surface area (Å²) in [5.41, 5.74) is 1.73. The molecule has 0 bridgehead atoms. The Bertz CT molecular complexity index is 422. The molecule has 2 rings (SSSR count). The quantitative estimate of drug-likeness (QED) is 0.832. The fourth-order valence-corrected chi connectivity index (χ4v) is 1.50. The van der Waals surface area contributed by atoms with Crippen molar-refractivity contribution in [3.05, 3.63) is 53.4 Å². The van der Waals surface area contributed by atoms with E-state index < -0.39 is 6.10 Å². The smallest absolute Gasteiger partial charge is 0.139 e. The van der Waals surface area contributed by atoms with Crippen LogP contribution in [-0.2, 0) is 6.42 Å². The van der Waals surface area contributed by atoms with Crippen LogP contribution < -0.4 is 0 Å². The Morgan fingerprint density at radius 2 is 2.07 bits per heavy atom. The third-order valence-electron chi connectivity index (χ3n) is 2.26. The summed E-state index contributed by atoms with van der Waals surface area (Å²) in [7, 11) is 0. The van der Waals surface area contributed by atoms with E-state index in [1.165, 1.54) is 0 Å². The van der Waals surface area contributed by atoms with Crippen molar-refractivity contribution in [3.8, 4) is 0 Å². The van der Waals surface area contributed by atoms with Crippen molar-refractivity contribution in [2.24, 2.45) is 0 Å². The molecule has 0 radical (unpaired) electrons. The first-order chi connectivity index (χ1) is 7.25. The van der Waals surface area contributed by atoms with Gasteiger partial charge in [-0.1, -0.05) is 35.5 Å². The van der Waals surface area contributed by atoms with Crippen LogP contribution >= 0.6 is 0 Å². The predicted octanol–water partition coefficient (Wildman–Crippen LogP) is 2.26. The van der Waals surface area contributed by atoms with Gasteiger partial charge in [0.2, 0.25) is 0 Å². The number of nitrogens with zero attached hydrogens (tertiary/aromatic N) is 1. The number of rotatable bonds is 3. The first kappa shape index (κ1) is 9.93. The lowest BCUT2D eigenvalue weighted by molar-refractivity contribution is 0.166. The van der Waals surface area contributed by atoms with Crippen LogP contribution in [0.5, 0.6) is 0 Å². The van der Waals surface area contributed by atoms with E-state index in [9.17, 15) is 5.11 Å². The molecule has 0 saturated heterocycles. The summed E-state index contributed by atoms with van der Waals surface area (Å²) in [6, 6.07) is 11.4. The second-order valence-electron chi connectivity index (χ2n) is 3.57. The highest BCUT2D eigenvalue weighted by molar-refractivity contribution is 5.19. The maximum absolute atomic E-state index is 9.90. The Balaban J connectivity index is 2.07. The van der Waals surface area contributed by atoms with Crippen molar-refractivity contribution >= 4 is 0 Å². The van der Waals surface area contributed by atoms with Crippen molar-refractivity contribution in [2.75, 3.05) is 0 Å². The van der Waals surface area contributed by atoms with E-state index in [0.29, 0.717) is 12.2 Å². The highest BCUT2D eigenvalue weighted by atomic mass is 16.5. The molecule has 78 valence electrons. The maximum Gasteiger partial charge on any atom is 0.139 e.